The summed E-state index contributed by atoms with van der Waals surface area (Å²) in [6.45, 7) is 3.24. The number of carboxylic acids is 1. The molecule has 2 rings (SSSR count). The molecule has 0 aromatic rings. The van der Waals surface area contributed by atoms with Crippen molar-refractivity contribution in [3.8, 4) is 0 Å². The fourth-order valence-corrected chi connectivity index (χ4v) is 2.39. The molecule has 2 aliphatic heterocycles. The summed E-state index contributed by atoms with van der Waals surface area (Å²) in [6.07, 6.45) is 0.396. The van der Waals surface area contributed by atoms with Crippen molar-refractivity contribution >= 4 is 23.8 Å². The molecule has 0 radical (unpaired) electrons. The number of likely N-dealkylation sites (tertiary alicyclic amines) is 1. The number of amides is 4. The molecule has 0 unspecified atom stereocenters. The van der Waals surface area contributed by atoms with Gasteiger partial charge in [-0.15, -0.1) is 0 Å². The molecule has 2 heterocycles. The van der Waals surface area contributed by atoms with Crippen LogP contribution in [0.25, 0.3) is 0 Å². The van der Waals surface area contributed by atoms with Crippen LogP contribution in [0.1, 0.15) is 20.3 Å². The largest absolute Gasteiger partial charge is 0.481 e. The fraction of sp³-hybridized carbons (Fsp3) is 0.667. The molecule has 0 aliphatic carbocycles. The molecule has 20 heavy (non-hydrogen) atoms. The topological polar surface area (TPSA) is 107 Å². The van der Waals surface area contributed by atoms with Crippen LogP contribution in [-0.2, 0) is 14.4 Å². The molecule has 0 spiro atoms. The van der Waals surface area contributed by atoms with Gasteiger partial charge in [0.1, 0.15) is 12.1 Å². The first-order chi connectivity index (χ1) is 9.22. The normalized spacial score (nSPS) is 25.0. The number of nitrogens with zero attached hydrogens (tertiary/aromatic N) is 2. The minimum Gasteiger partial charge on any atom is -0.481 e. The van der Waals surface area contributed by atoms with Gasteiger partial charge >= 0.3 is 12.0 Å². The Hall–Kier alpha value is -2.12. The van der Waals surface area contributed by atoms with Crippen LogP contribution < -0.4 is 5.32 Å². The number of nitrogens with one attached hydrogen (secondary N) is 1. The predicted octanol–water partition coefficient (Wildman–Crippen LogP) is -0.750. The van der Waals surface area contributed by atoms with Gasteiger partial charge in [-0.1, -0.05) is 0 Å². The van der Waals surface area contributed by atoms with Crippen molar-refractivity contribution in [1.29, 1.82) is 0 Å². The number of aliphatic carboxylic acids is 1. The van der Waals surface area contributed by atoms with E-state index in [1.165, 1.54) is 4.90 Å². The van der Waals surface area contributed by atoms with Crippen molar-refractivity contribution in [3.05, 3.63) is 0 Å². The first kappa shape index (κ1) is 14.3. The zero-order valence-corrected chi connectivity index (χ0v) is 11.4. The lowest BCUT2D eigenvalue weighted by molar-refractivity contribution is -0.142. The van der Waals surface area contributed by atoms with Gasteiger partial charge in [-0.3, -0.25) is 19.3 Å². The summed E-state index contributed by atoms with van der Waals surface area (Å²) in [5.74, 6) is -2.37. The van der Waals surface area contributed by atoms with Crippen LogP contribution in [0.2, 0.25) is 0 Å². The van der Waals surface area contributed by atoms with Gasteiger partial charge in [-0.2, -0.15) is 0 Å². The van der Waals surface area contributed by atoms with Crippen molar-refractivity contribution < 1.29 is 24.3 Å². The molecule has 1 atom stereocenters. The molecule has 2 aliphatic rings. The van der Waals surface area contributed by atoms with Gasteiger partial charge < -0.3 is 15.3 Å². The number of hydrogen-bond acceptors (Lipinski definition) is 4. The predicted molar refractivity (Wildman–Crippen MR) is 66.6 cm³/mol. The highest BCUT2D eigenvalue weighted by atomic mass is 16.4. The van der Waals surface area contributed by atoms with Crippen LogP contribution in [0.15, 0.2) is 0 Å². The molecule has 2 saturated heterocycles. The molecule has 4 amide bonds. The number of imide groups is 1. The molecular weight excluding hydrogens is 266 g/mol. The van der Waals surface area contributed by atoms with Gasteiger partial charge in [-0.05, 0) is 20.3 Å². The van der Waals surface area contributed by atoms with E-state index in [1.807, 2.05) is 0 Å². The maximum Gasteiger partial charge on any atom is 0.325 e. The van der Waals surface area contributed by atoms with Crippen molar-refractivity contribution in [3.63, 3.8) is 0 Å². The highest BCUT2D eigenvalue weighted by Crippen LogP contribution is 2.19. The molecule has 8 nitrogen and oxygen atoms in total. The van der Waals surface area contributed by atoms with Gasteiger partial charge in [0.2, 0.25) is 5.91 Å². The van der Waals surface area contributed by atoms with E-state index in [1.54, 1.807) is 13.8 Å². The monoisotopic (exact) mass is 283 g/mol. The van der Waals surface area contributed by atoms with E-state index in [2.05, 4.69) is 5.32 Å². The average Bonchev–Trinajstić information content (AvgIpc) is 2.89. The number of carboxylic acid groups (broad SMARTS) is 1. The number of carbonyl (C=O) groups is 4. The third-order valence-electron chi connectivity index (χ3n) is 3.63. The SMILES string of the molecule is CC1(C)NC(=O)N(CC(=O)N2CC[C@@H](C(=O)O)C2)C1=O. The highest BCUT2D eigenvalue weighted by Gasteiger charge is 2.45. The van der Waals surface area contributed by atoms with Crippen LogP contribution in [0.4, 0.5) is 4.79 Å². The van der Waals surface area contributed by atoms with Crippen LogP contribution in [0, 0.1) is 5.92 Å². The summed E-state index contributed by atoms with van der Waals surface area (Å²) in [6, 6.07) is -0.595. The van der Waals surface area contributed by atoms with E-state index in [4.69, 9.17) is 5.11 Å². The number of urea groups is 1. The highest BCUT2D eigenvalue weighted by molar-refractivity contribution is 6.08. The Morgan fingerprint density at radius 3 is 2.50 bits per heavy atom. The van der Waals surface area contributed by atoms with E-state index >= 15 is 0 Å². The maximum absolute atomic E-state index is 12.0. The summed E-state index contributed by atoms with van der Waals surface area (Å²) in [5, 5.41) is 11.4. The second-order valence-electron chi connectivity index (χ2n) is 5.61. The molecule has 8 heteroatoms. The van der Waals surface area contributed by atoms with Gasteiger partial charge in [0.15, 0.2) is 0 Å². The third-order valence-corrected chi connectivity index (χ3v) is 3.63. The molecule has 0 saturated carbocycles. The van der Waals surface area contributed by atoms with E-state index in [9.17, 15) is 19.2 Å². The quantitative estimate of drug-likeness (QED) is 0.663. The van der Waals surface area contributed by atoms with E-state index in [0.29, 0.717) is 13.0 Å². The zero-order valence-electron chi connectivity index (χ0n) is 11.4. The Bertz CT molecular complexity index is 487. The fourth-order valence-electron chi connectivity index (χ4n) is 2.39. The lowest BCUT2D eigenvalue weighted by Crippen LogP contribution is -2.44. The Morgan fingerprint density at radius 1 is 1.40 bits per heavy atom. The van der Waals surface area contributed by atoms with Crippen molar-refractivity contribution in [2.75, 3.05) is 19.6 Å². The van der Waals surface area contributed by atoms with Gasteiger partial charge in [0.05, 0.1) is 5.92 Å². The third kappa shape index (κ3) is 2.45. The van der Waals surface area contributed by atoms with E-state index in [0.717, 1.165) is 4.90 Å². The number of hydrogen-bond donors (Lipinski definition) is 2. The van der Waals surface area contributed by atoms with E-state index < -0.39 is 35.3 Å². The van der Waals surface area contributed by atoms with Gasteiger partial charge in [0, 0.05) is 13.1 Å². The molecule has 2 N–H and O–H groups in total. The Labute approximate surface area is 115 Å². The zero-order chi connectivity index (χ0) is 15.1. The summed E-state index contributed by atoms with van der Waals surface area (Å²) in [5.41, 5.74) is -1.01. The van der Waals surface area contributed by atoms with Crippen LogP contribution in [0.3, 0.4) is 0 Å². The molecule has 0 bridgehead atoms. The molecular formula is C12H17N3O5. The summed E-state index contributed by atoms with van der Waals surface area (Å²) < 4.78 is 0. The minimum absolute atomic E-state index is 0.126. The van der Waals surface area contributed by atoms with Crippen LogP contribution in [-0.4, -0.2) is 63.9 Å². The average molecular weight is 283 g/mol. The van der Waals surface area contributed by atoms with Crippen molar-refractivity contribution in [2.45, 2.75) is 25.8 Å². The van der Waals surface area contributed by atoms with Crippen molar-refractivity contribution in [2.24, 2.45) is 5.92 Å². The Kier molecular flexibility index (Phi) is 3.41. The van der Waals surface area contributed by atoms with Crippen LogP contribution >= 0.6 is 0 Å². The van der Waals surface area contributed by atoms with Gasteiger partial charge in [-0.25, -0.2) is 4.79 Å². The molecule has 0 aromatic carbocycles. The summed E-state index contributed by atoms with van der Waals surface area (Å²) >= 11 is 0. The minimum atomic E-state index is -1.01. The second kappa shape index (κ2) is 4.77. The van der Waals surface area contributed by atoms with E-state index in [-0.39, 0.29) is 13.1 Å². The first-order valence-electron chi connectivity index (χ1n) is 6.37. The lowest BCUT2D eigenvalue weighted by Gasteiger charge is -2.20. The summed E-state index contributed by atoms with van der Waals surface area (Å²) in [7, 11) is 0. The molecule has 0 aromatic heterocycles. The van der Waals surface area contributed by atoms with Crippen LogP contribution in [0.5, 0.6) is 0 Å². The smallest absolute Gasteiger partial charge is 0.325 e. The summed E-state index contributed by atoms with van der Waals surface area (Å²) in [4.78, 5) is 48.7. The Morgan fingerprint density at radius 2 is 2.05 bits per heavy atom. The number of rotatable bonds is 3. The molecule has 2 fully saturated rings. The van der Waals surface area contributed by atoms with Gasteiger partial charge in [0.25, 0.3) is 5.91 Å². The lowest BCUT2D eigenvalue weighted by atomic mass is 10.1. The maximum atomic E-state index is 12.0. The second-order valence-corrected chi connectivity index (χ2v) is 5.61. The Balaban J connectivity index is 1.98. The first-order valence-corrected chi connectivity index (χ1v) is 6.37. The standard InChI is InChI=1S/C12H17N3O5/c1-12(2)10(19)15(11(20)13-12)6-8(16)14-4-3-7(5-14)9(17)18/h7H,3-6H2,1-2H3,(H,13,20)(H,17,18)/t7-/m1/s1. The molecule has 110 valence electrons. The van der Waals surface area contributed by atoms with Crippen molar-refractivity contribution in [1.82, 2.24) is 15.1 Å². The number of carbonyl (C=O) groups excluding carboxylic acids is 3.